The molecule has 2 aliphatic rings. The third kappa shape index (κ3) is 2.67. The summed E-state index contributed by atoms with van der Waals surface area (Å²) in [5, 5.41) is 3.65. The Hall–Kier alpha value is -2.08. The molecule has 4 rings (SSSR count). The molecule has 23 heavy (non-hydrogen) atoms. The molecule has 0 radical (unpaired) electrons. The third-order valence-electron chi connectivity index (χ3n) is 5.00. The summed E-state index contributed by atoms with van der Waals surface area (Å²) in [7, 11) is 1.62. The number of aromatic nitrogens is 2. The van der Waals surface area contributed by atoms with E-state index in [0.29, 0.717) is 30.5 Å². The molecule has 6 nitrogen and oxygen atoms in total. The fourth-order valence-electron chi connectivity index (χ4n) is 3.60. The quantitative estimate of drug-likeness (QED) is 0.885. The van der Waals surface area contributed by atoms with Crippen molar-refractivity contribution in [3.63, 3.8) is 0 Å². The van der Waals surface area contributed by atoms with Gasteiger partial charge in [0, 0.05) is 12.1 Å². The third-order valence-corrected chi connectivity index (χ3v) is 5.00. The van der Waals surface area contributed by atoms with E-state index in [4.69, 9.17) is 15.2 Å². The molecule has 1 unspecified atom stereocenters. The van der Waals surface area contributed by atoms with Crippen molar-refractivity contribution in [3.8, 4) is 11.6 Å². The second-order valence-corrected chi connectivity index (χ2v) is 6.46. The predicted octanol–water partition coefficient (Wildman–Crippen LogP) is 2.33. The Morgan fingerprint density at radius 3 is 2.87 bits per heavy atom. The van der Waals surface area contributed by atoms with E-state index in [1.54, 1.807) is 13.3 Å². The number of fused-ring (bicyclic) bond motifs is 3. The zero-order valence-corrected chi connectivity index (χ0v) is 13.3. The number of pyridine rings is 2. The van der Waals surface area contributed by atoms with Gasteiger partial charge in [-0.1, -0.05) is 0 Å². The minimum Gasteiger partial charge on any atom is -0.488 e. The van der Waals surface area contributed by atoms with Crippen molar-refractivity contribution in [2.45, 2.75) is 37.8 Å². The summed E-state index contributed by atoms with van der Waals surface area (Å²) >= 11 is 0. The van der Waals surface area contributed by atoms with Gasteiger partial charge in [0.1, 0.15) is 17.8 Å². The van der Waals surface area contributed by atoms with Crippen molar-refractivity contribution < 1.29 is 9.47 Å². The summed E-state index contributed by atoms with van der Waals surface area (Å²) in [6.45, 7) is 0.671. The van der Waals surface area contributed by atoms with Gasteiger partial charge in [-0.15, -0.1) is 0 Å². The molecular formula is C17H22N4O2. The monoisotopic (exact) mass is 314 g/mol. The van der Waals surface area contributed by atoms with Gasteiger partial charge < -0.3 is 20.5 Å². The first-order valence-corrected chi connectivity index (χ1v) is 8.23. The average Bonchev–Trinajstić information content (AvgIpc) is 2.61. The van der Waals surface area contributed by atoms with E-state index in [9.17, 15) is 0 Å². The van der Waals surface area contributed by atoms with Crippen LogP contribution in [0.15, 0.2) is 18.3 Å². The lowest BCUT2D eigenvalue weighted by molar-refractivity contribution is 0.207. The van der Waals surface area contributed by atoms with Crippen LogP contribution in [0.25, 0.3) is 11.0 Å². The number of hydrogen-bond donors (Lipinski definition) is 2. The van der Waals surface area contributed by atoms with Gasteiger partial charge in [-0.2, -0.15) is 0 Å². The minimum absolute atomic E-state index is 0.300. The van der Waals surface area contributed by atoms with Crippen LogP contribution in [0, 0.1) is 5.92 Å². The lowest BCUT2D eigenvalue weighted by Crippen LogP contribution is -2.41. The molecule has 2 aromatic rings. The number of ether oxygens (including phenoxy) is 2. The number of nitrogens with one attached hydrogen (secondary N) is 1. The molecule has 1 saturated carbocycles. The zero-order valence-electron chi connectivity index (χ0n) is 13.3. The van der Waals surface area contributed by atoms with Crippen LogP contribution in [0.2, 0.25) is 0 Å². The highest BCUT2D eigenvalue weighted by atomic mass is 16.5. The van der Waals surface area contributed by atoms with Gasteiger partial charge in [0.05, 0.1) is 24.9 Å². The molecule has 0 saturated heterocycles. The standard InChI is InChI=1S/C17H22N4O2/c1-22-15-7-6-12-16(21-15)17-14(8-19-12)23-9-13(20-17)10-2-4-11(18)5-3-10/h6-8,10-11,13,20H,2-5,9,18H2,1H3/t10-,11-,13?. The molecule has 3 heterocycles. The molecule has 3 N–H and O–H groups in total. The number of nitrogens with two attached hydrogens (primary N) is 1. The number of hydrogen-bond acceptors (Lipinski definition) is 6. The first-order valence-electron chi connectivity index (χ1n) is 8.23. The van der Waals surface area contributed by atoms with Crippen LogP contribution in [0.4, 0.5) is 5.69 Å². The fourth-order valence-corrected chi connectivity index (χ4v) is 3.60. The average molecular weight is 314 g/mol. The Bertz CT molecular complexity index is 708. The Morgan fingerprint density at radius 2 is 2.09 bits per heavy atom. The number of nitrogens with zero attached hydrogens (tertiary/aromatic N) is 2. The van der Waals surface area contributed by atoms with E-state index in [1.165, 1.54) is 0 Å². The van der Waals surface area contributed by atoms with E-state index < -0.39 is 0 Å². The van der Waals surface area contributed by atoms with Crippen LogP contribution in [-0.2, 0) is 0 Å². The highest BCUT2D eigenvalue weighted by molar-refractivity contribution is 5.91. The Balaban J connectivity index is 1.65. The van der Waals surface area contributed by atoms with Gasteiger partial charge >= 0.3 is 0 Å². The second kappa shape index (κ2) is 5.85. The van der Waals surface area contributed by atoms with E-state index in [2.05, 4.69) is 15.3 Å². The molecule has 1 aliphatic heterocycles. The highest BCUT2D eigenvalue weighted by Crippen LogP contribution is 2.38. The summed E-state index contributed by atoms with van der Waals surface area (Å²) in [5.74, 6) is 1.94. The molecule has 0 aromatic carbocycles. The molecule has 0 spiro atoms. The zero-order chi connectivity index (χ0) is 15.8. The van der Waals surface area contributed by atoms with Crippen LogP contribution < -0.4 is 20.5 Å². The fraction of sp³-hybridized carbons (Fsp3) is 0.529. The Kier molecular flexibility index (Phi) is 3.69. The molecular weight excluding hydrogens is 292 g/mol. The summed E-state index contributed by atoms with van der Waals surface area (Å²) in [6, 6.07) is 4.41. The van der Waals surface area contributed by atoms with Crippen molar-refractivity contribution in [3.05, 3.63) is 18.3 Å². The summed E-state index contributed by atoms with van der Waals surface area (Å²) in [5.41, 5.74) is 8.60. The van der Waals surface area contributed by atoms with Gasteiger partial charge in [0.15, 0.2) is 5.75 Å². The van der Waals surface area contributed by atoms with Crippen molar-refractivity contribution in [1.29, 1.82) is 0 Å². The number of rotatable bonds is 2. The van der Waals surface area contributed by atoms with Crippen LogP contribution in [0.1, 0.15) is 25.7 Å². The number of anilines is 1. The first-order chi connectivity index (χ1) is 11.2. The van der Waals surface area contributed by atoms with Crippen LogP contribution >= 0.6 is 0 Å². The van der Waals surface area contributed by atoms with E-state index in [-0.39, 0.29) is 0 Å². The van der Waals surface area contributed by atoms with Crippen molar-refractivity contribution >= 4 is 16.7 Å². The van der Waals surface area contributed by atoms with Crippen LogP contribution in [0.5, 0.6) is 11.6 Å². The molecule has 0 bridgehead atoms. The van der Waals surface area contributed by atoms with Gasteiger partial charge in [-0.25, -0.2) is 4.98 Å². The van der Waals surface area contributed by atoms with Crippen molar-refractivity contribution in [1.82, 2.24) is 9.97 Å². The van der Waals surface area contributed by atoms with Crippen LogP contribution in [0.3, 0.4) is 0 Å². The summed E-state index contributed by atoms with van der Waals surface area (Å²) in [4.78, 5) is 8.97. The molecule has 1 atom stereocenters. The molecule has 2 aromatic heterocycles. The molecule has 122 valence electrons. The predicted molar refractivity (Wildman–Crippen MR) is 88.9 cm³/mol. The lowest BCUT2D eigenvalue weighted by atomic mass is 9.81. The Labute approximate surface area is 135 Å². The minimum atomic E-state index is 0.300. The van der Waals surface area contributed by atoms with Gasteiger partial charge in [-0.3, -0.25) is 4.98 Å². The largest absolute Gasteiger partial charge is 0.488 e. The van der Waals surface area contributed by atoms with Gasteiger partial charge in [0.2, 0.25) is 5.88 Å². The van der Waals surface area contributed by atoms with Crippen LogP contribution in [-0.4, -0.2) is 35.8 Å². The molecule has 1 aliphatic carbocycles. The topological polar surface area (TPSA) is 82.3 Å². The molecule has 0 amide bonds. The van der Waals surface area contributed by atoms with Gasteiger partial charge in [0.25, 0.3) is 0 Å². The summed E-state index contributed by atoms with van der Waals surface area (Å²) in [6.07, 6.45) is 6.26. The summed E-state index contributed by atoms with van der Waals surface area (Å²) < 4.78 is 11.2. The first kappa shape index (κ1) is 14.5. The van der Waals surface area contributed by atoms with Crippen molar-refractivity contribution in [2.75, 3.05) is 19.0 Å². The van der Waals surface area contributed by atoms with E-state index >= 15 is 0 Å². The lowest BCUT2D eigenvalue weighted by Gasteiger charge is -2.36. The highest BCUT2D eigenvalue weighted by Gasteiger charge is 2.31. The Morgan fingerprint density at radius 1 is 1.26 bits per heavy atom. The SMILES string of the molecule is COc1ccc2ncc3c(c2n1)NC([C@H]1CC[C@H](N)CC1)CO3. The van der Waals surface area contributed by atoms with E-state index in [0.717, 1.165) is 48.2 Å². The maximum Gasteiger partial charge on any atom is 0.213 e. The maximum atomic E-state index is 6.03. The number of methoxy groups -OCH3 is 1. The van der Waals surface area contributed by atoms with Gasteiger partial charge in [-0.05, 0) is 37.7 Å². The molecule has 6 heteroatoms. The van der Waals surface area contributed by atoms with Crippen molar-refractivity contribution in [2.24, 2.45) is 11.7 Å². The van der Waals surface area contributed by atoms with E-state index in [1.807, 2.05) is 12.1 Å². The second-order valence-electron chi connectivity index (χ2n) is 6.46. The molecule has 1 fully saturated rings. The normalized spacial score (nSPS) is 27.0. The maximum absolute atomic E-state index is 6.03. The smallest absolute Gasteiger partial charge is 0.213 e.